The highest BCUT2D eigenvalue weighted by atomic mass is 127. The van der Waals surface area contributed by atoms with E-state index in [4.69, 9.17) is 0 Å². The maximum atomic E-state index is 4.42. The van der Waals surface area contributed by atoms with E-state index in [1.807, 2.05) is 7.05 Å². The quantitative estimate of drug-likeness (QED) is 0.436. The maximum Gasteiger partial charge on any atom is 0.191 e. The summed E-state index contributed by atoms with van der Waals surface area (Å²) in [6.07, 6.45) is 14.0. The van der Waals surface area contributed by atoms with Gasteiger partial charge in [-0.2, -0.15) is 0 Å². The average molecular weight is 391 g/mol. The lowest BCUT2D eigenvalue weighted by atomic mass is 9.65. The van der Waals surface area contributed by atoms with Crippen molar-refractivity contribution < 1.29 is 0 Å². The van der Waals surface area contributed by atoms with E-state index in [9.17, 15) is 0 Å². The Morgan fingerprint density at radius 3 is 2.25 bits per heavy atom. The van der Waals surface area contributed by atoms with Gasteiger partial charge in [0, 0.05) is 19.6 Å². The van der Waals surface area contributed by atoms with Gasteiger partial charge in [-0.15, -0.1) is 24.0 Å². The van der Waals surface area contributed by atoms with Gasteiger partial charge in [-0.25, -0.2) is 0 Å². The van der Waals surface area contributed by atoms with Crippen LogP contribution in [0.15, 0.2) is 4.99 Å². The molecular weight excluding hydrogens is 361 g/mol. The molecule has 0 aromatic carbocycles. The summed E-state index contributed by atoms with van der Waals surface area (Å²) in [5.74, 6) is 2.06. The third-order valence-corrected chi connectivity index (χ3v) is 5.57. The molecule has 4 heteroatoms. The monoisotopic (exact) mass is 391 g/mol. The van der Waals surface area contributed by atoms with Gasteiger partial charge >= 0.3 is 0 Å². The minimum absolute atomic E-state index is 0. The second kappa shape index (κ2) is 7.32. The zero-order valence-corrected chi connectivity index (χ0v) is 15.1. The first-order valence-electron chi connectivity index (χ1n) is 8.30. The Balaban J connectivity index is 0.00000147. The summed E-state index contributed by atoms with van der Waals surface area (Å²) in [5.41, 5.74) is 0.629. The molecule has 3 nitrogen and oxygen atoms in total. The van der Waals surface area contributed by atoms with Crippen LogP contribution in [0.3, 0.4) is 0 Å². The molecule has 3 aliphatic rings. The summed E-state index contributed by atoms with van der Waals surface area (Å²) in [4.78, 5) is 4.42. The summed E-state index contributed by atoms with van der Waals surface area (Å²) in [6, 6.07) is 0.651. The smallest absolute Gasteiger partial charge is 0.191 e. The Morgan fingerprint density at radius 2 is 1.75 bits per heavy atom. The molecule has 20 heavy (non-hydrogen) atoms. The van der Waals surface area contributed by atoms with E-state index in [1.165, 1.54) is 64.2 Å². The minimum Gasteiger partial charge on any atom is -0.356 e. The van der Waals surface area contributed by atoms with Crippen LogP contribution in [0.5, 0.6) is 0 Å². The Morgan fingerprint density at radius 1 is 1.05 bits per heavy atom. The second-order valence-corrected chi connectivity index (χ2v) is 6.90. The number of rotatable bonds is 4. The summed E-state index contributed by atoms with van der Waals surface area (Å²) >= 11 is 0. The standard InChI is InChI=1S/C16H29N3.HI/c1-17-15(19-14-6-3-2-4-7-14)18-12-16(10-5-11-16)13-8-9-13;/h13-14H,2-12H2,1H3,(H2,17,18,19);1H. The SMILES string of the molecule is CN=C(NCC1(C2CC2)CCC1)NC1CCCCC1.I. The van der Waals surface area contributed by atoms with Crippen LogP contribution in [0, 0.1) is 11.3 Å². The molecule has 3 rings (SSSR count). The molecule has 0 unspecified atom stereocenters. The van der Waals surface area contributed by atoms with Crippen molar-refractivity contribution in [2.75, 3.05) is 13.6 Å². The first kappa shape index (κ1) is 16.4. The lowest BCUT2D eigenvalue weighted by molar-refractivity contribution is 0.105. The van der Waals surface area contributed by atoms with Crippen molar-refractivity contribution in [3.63, 3.8) is 0 Å². The second-order valence-electron chi connectivity index (χ2n) is 6.90. The first-order valence-corrected chi connectivity index (χ1v) is 8.30. The van der Waals surface area contributed by atoms with Crippen LogP contribution >= 0.6 is 24.0 Å². The molecule has 3 fully saturated rings. The third kappa shape index (κ3) is 3.80. The summed E-state index contributed by atoms with van der Waals surface area (Å²) < 4.78 is 0. The highest BCUT2D eigenvalue weighted by molar-refractivity contribution is 14.0. The van der Waals surface area contributed by atoms with E-state index in [0.717, 1.165) is 18.4 Å². The molecule has 0 aliphatic heterocycles. The van der Waals surface area contributed by atoms with E-state index in [2.05, 4.69) is 15.6 Å². The van der Waals surface area contributed by atoms with E-state index in [0.29, 0.717) is 11.5 Å². The number of nitrogens with zero attached hydrogens (tertiary/aromatic N) is 1. The van der Waals surface area contributed by atoms with Gasteiger partial charge in [0.05, 0.1) is 0 Å². The van der Waals surface area contributed by atoms with Crippen LogP contribution in [0.2, 0.25) is 0 Å². The van der Waals surface area contributed by atoms with Gasteiger partial charge in [0.2, 0.25) is 0 Å². The van der Waals surface area contributed by atoms with Crippen molar-refractivity contribution in [1.29, 1.82) is 0 Å². The Hall–Kier alpha value is 0. The van der Waals surface area contributed by atoms with Crippen LogP contribution in [0.1, 0.15) is 64.2 Å². The fourth-order valence-corrected chi connectivity index (χ4v) is 3.95. The molecule has 0 atom stereocenters. The Kier molecular flexibility index (Phi) is 5.99. The Labute approximate surface area is 140 Å². The van der Waals surface area contributed by atoms with Crippen molar-refractivity contribution in [2.24, 2.45) is 16.3 Å². The van der Waals surface area contributed by atoms with Crippen LogP contribution in [0.25, 0.3) is 0 Å². The predicted molar refractivity (Wildman–Crippen MR) is 95.8 cm³/mol. The number of nitrogens with one attached hydrogen (secondary N) is 2. The molecule has 0 aromatic rings. The van der Waals surface area contributed by atoms with Crippen molar-refractivity contribution in [3.05, 3.63) is 0 Å². The van der Waals surface area contributed by atoms with Gasteiger partial charge < -0.3 is 10.6 Å². The number of hydrogen-bond donors (Lipinski definition) is 2. The van der Waals surface area contributed by atoms with Gasteiger partial charge in [0.1, 0.15) is 0 Å². The van der Waals surface area contributed by atoms with Crippen LogP contribution in [0.4, 0.5) is 0 Å². The van der Waals surface area contributed by atoms with Crippen molar-refractivity contribution in [2.45, 2.75) is 70.3 Å². The van der Waals surface area contributed by atoms with E-state index in [-0.39, 0.29) is 24.0 Å². The molecule has 0 spiro atoms. The third-order valence-electron chi connectivity index (χ3n) is 5.57. The van der Waals surface area contributed by atoms with Crippen LogP contribution < -0.4 is 10.6 Å². The zero-order valence-electron chi connectivity index (χ0n) is 12.8. The fraction of sp³-hybridized carbons (Fsp3) is 0.938. The van der Waals surface area contributed by atoms with Gasteiger partial charge in [0.25, 0.3) is 0 Å². The summed E-state index contributed by atoms with van der Waals surface area (Å²) in [5, 5.41) is 7.24. The summed E-state index contributed by atoms with van der Waals surface area (Å²) in [6.45, 7) is 1.14. The topological polar surface area (TPSA) is 36.4 Å². The number of guanidine groups is 1. The molecule has 0 saturated heterocycles. The average Bonchev–Trinajstić information content (AvgIpc) is 3.22. The normalized spacial score (nSPS) is 26.4. The maximum absolute atomic E-state index is 4.42. The molecule has 3 saturated carbocycles. The van der Waals surface area contributed by atoms with Gasteiger partial charge in [-0.05, 0) is 49.9 Å². The van der Waals surface area contributed by atoms with Crippen LogP contribution in [-0.4, -0.2) is 25.6 Å². The van der Waals surface area contributed by atoms with Gasteiger partial charge in [-0.1, -0.05) is 25.7 Å². The molecule has 0 radical (unpaired) electrons. The van der Waals surface area contributed by atoms with Crippen molar-refractivity contribution >= 4 is 29.9 Å². The number of hydrogen-bond acceptors (Lipinski definition) is 1. The predicted octanol–water partition coefficient (Wildman–Crippen LogP) is 3.68. The molecule has 3 aliphatic carbocycles. The lowest BCUT2D eigenvalue weighted by Crippen LogP contribution is -2.50. The highest BCUT2D eigenvalue weighted by Gasteiger charge is 2.48. The largest absolute Gasteiger partial charge is 0.356 e. The van der Waals surface area contributed by atoms with Gasteiger partial charge in [-0.3, -0.25) is 4.99 Å². The summed E-state index contributed by atoms with van der Waals surface area (Å²) in [7, 11) is 1.91. The lowest BCUT2D eigenvalue weighted by Gasteiger charge is -2.43. The highest BCUT2D eigenvalue weighted by Crippen LogP contribution is 2.56. The van der Waals surface area contributed by atoms with E-state index in [1.54, 1.807) is 0 Å². The zero-order chi connectivity index (χ0) is 13.1. The minimum atomic E-state index is 0. The fourth-order valence-electron chi connectivity index (χ4n) is 3.95. The molecule has 2 N–H and O–H groups in total. The van der Waals surface area contributed by atoms with Gasteiger partial charge in [0.15, 0.2) is 5.96 Å². The molecule has 0 heterocycles. The molecule has 0 amide bonds. The van der Waals surface area contributed by atoms with E-state index < -0.39 is 0 Å². The molecule has 0 bridgehead atoms. The molecule has 0 aromatic heterocycles. The van der Waals surface area contributed by atoms with Crippen LogP contribution in [-0.2, 0) is 0 Å². The van der Waals surface area contributed by atoms with Crippen molar-refractivity contribution in [1.82, 2.24) is 10.6 Å². The number of aliphatic imine (C=N–C) groups is 1. The molecular formula is C16H30IN3. The van der Waals surface area contributed by atoms with E-state index >= 15 is 0 Å². The van der Waals surface area contributed by atoms with Crippen molar-refractivity contribution in [3.8, 4) is 0 Å². The molecule has 116 valence electrons. The number of halogens is 1. The first-order chi connectivity index (χ1) is 9.32. The Bertz CT molecular complexity index is 329.